The average Bonchev–Trinajstić information content (AvgIpc) is 2.85. The van der Waals surface area contributed by atoms with Crippen molar-refractivity contribution in [2.45, 2.75) is 23.3 Å². The van der Waals surface area contributed by atoms with Gasteiger partial charge in [0.2, 0.25) is 0 Å². The first kappa shape index (κ1) is 12.3. The lowest BCUT2D eigenvalue weighted by atomic mass is 10.0. The lowest BCUT2D eigenvalue weighted by molar-refractivity contribution is 0.527. The minimum absolute atomic E-state index is 0.566. The summed E-state index contributed by atoms with van der Waals surface area (Å²) in [6.07, 6.45) is 1.73. The molecule has 0 aliphatic rings. The molecule has 1 heterocycles. The fourth-order valence-electron chi connectivity index (χ4n) is 2.20. The second kappa shape index (κ2) is 5.11. The van der Waals surface area contributed by atoms with E-state index in [1.165, 1.54) is 21.2 Å². The number of rotatable bonds is 3. The highest BCUT2D eigenvalue weighted by atomic mass is 32.2. The first-order valence-corrected chi connectivity index (χ1v) is 7.04. The van der Waals surface area contributed by atoms with Gasteiger partial charge in [-0.15, -0.1) is 0 Å². The fraction of sp³-hybridized carbons (Fsp3) is 0.125. The predicted molar refractivity (Wildman–Crippen MR) is 79.4 cm³/mol. The molecule has 3 heteroatoms. The Bertz CT molecular complexity index is 718. The van der Waals surface area contributed by atoms with Crippen LogP contribution in [0.3, 0.4) is 0 Å². The Morgan fingerprint density at radius 2 is 1.79 bits per heavy atom. The van der Waals surface area contributed by atoms with Crippen molar-refractivity contribution in [2.24, 2.45) is 5.73 Å². The van der Waals surface area contributed by atoms with Crippen molar-refractivity contribution in [2.75, 3.05) is 0 Å². The van der Waals surface area contributed by atoms with Gasteiger partial charge in [0, 0.05) is 11.4 Å². The molecule has 0 bridgehead atoms. The summed E-state index contributed by atoms with van der Waals surface area (Å²) in [7, 11) is 0. The summed E-state index contributed by atoms with van der Waals surface area (Å²) in [5, 5.41) is 2.48. The van der Waals surface area contributed by atoms with E-state index < -0.39 is 0 Å². The highest BCUT2D eigenvalue weighted by Crippen LogP contribution is 2.36. The van der Waals surface area contributed by atoms with E-state index in [2.05, 4.69) is 36.4 Å². The maximum Gasteiger partial charge on any atom is 0.114 e. The molecule has 0 fully saturated rings. The van der Waals surface area contributed by atoms with Gasteiger partial charge in [0.15, 0.2) is 0 Å². The summed E-state index contributed by atoms with van der Waals surface area (Å²) >= 11 is 1.73. The molecule has 0 spiro atoms. The molecular weight excluding hydrogens is 254 g/mol. The van der Waals surface area contributed by atoms with Gasteiger partial charge in [0.1, 0.15) is 5.76 Å². The largest absolute Gasteiger partial charge is 0.468 e. The van der Waals surface area contributed by atoms with Crippen molar-refractivity contribution in [1.82, 2.24) is 0 Å². The summed E-state index contributed by atoms with van der Waals surface area (Å²) < 4.78 is 5.35. The smallest absolute Gasteiger partial charge is 0.114 e. The molecule has 96 valence electrons. The standard InChI is InChI=1S/C16H15NOS/c1-11-15(8-9-18-11)19-16-7-6-12(10-17)13-4-2-3-5-14(13)16/h2-9H,10,17H2,1H3. The molecule has 2 nitrogen and oxygen atoms in total. The number of hydrogen-bond donors (Lipinski definition) is 1. The maximum atomic E-state index is 5.80. The Morgan fingerprint density at radius 3 is 2.47 bits per heavy atom. The zero-order chi connectivity index (χ0) is 13.2. The van der Waals surface area contributed by atoms with Crippen LogP contribution < -0.4 is 5.73 Å². The van der Waals surface area contributed by atoms with Gasteiger partial charge in [-0.1, -0.05) is 42.1 Å². The lowest BCUT2D eigenvalue weighted by Gasteiger charge is -2.09. The minimum Gasteiger partial charge on any atom is -0.468 e. The second-order valence-corrected chi connectivity index (χ2v) is 5.50. The second-order valence-electron chi connectivity index (χ2n) is 4.42. The van der Waals surface area contributed by atoms with Crippen LogP contribution in [0, 0.1) is 6.92 Å². The van der Waals surface area contributed by atoms with Gasteiger partial charge in [-0.05, 0) is 35.4 Å². The number of benzene rings is 2. The Kier molecular flexibility index (Phi) is 3.32. The molecule has 3 rings (SSSR count). The molecule has 2 aromatic carbocycles. The summed E-state index contributed by atoms with van der Waals surface area (Å²) in [6, 6.07) is 14.7. The molecule has 0 saturated heterocycles. The monoisotopic (exact) mass is 269 g/mol. The molecule has 19 heavy (non-hydrogen) atoms. The van der Waals surface area contributed by atoms with Gasteiger partial charge in [-0.25, -0.2) is 0 Å². The van der Waals surface area contributed by atoms with Crippen LogP contribution in [0.1, 0.15) is 11.3 Å². The van der Waals surface area contributed by atoms with Gasteiger partial charge >= 0.3 is 0 Å². The van der Waals surface area contributed by atoms with Gasteiger partial charge in [-0.2, -0.15) is 0 Å². The highest BCUT2D eigenvalue weighted by molar-refractivity contribution is 7.99. The van der Waals surface area contributed by atoms with Crippen molar-refractivity contribution >= 4 is 22.5 Å². The van der Waals surface area contributed by atoms with Crippen molar-refractivity contribution in [3.8, 4) is 0 Å². The van der Waals surface area contributed by atoms with Crippen LogP contribution >= 0.6 is 11.8 Å². The quantitative estimate of drug-likeness (QED) is 0.768. The van der Waals surface area contributed by atoms with E-state index >= 15 is 0 Å². The van der Waals surface area contributed by atoms with Gasteiger partial charge < -0.3 is 10.2 Å². The van der Waals surface area contributed by atoms with Crippen molar-refractivity contribution in [3.63, 3.8) is 0 Å². The zero-order valence-corrected chi connectivity index (χ0v) is 11.5. The fourth-order valence-corrected chi connectivity index (χ4v) is 3.17. The molecule has 2 N–H and O–H groups in total. The zero-order valence-electron chi connectivity index (χ0n) is 10.7. The summed E-state index contributed by atoms with van der Waals surface area (Å²) in [5.41, 5.74) is 6.99. The van der Waals surface area contributed by atoms with Crippen molar-refractivity contribution in [1.29, 1.82) is 0 Å². The van der Waals surface area contributed by atoms with Crippen LogP contribution in [-0.2, 0) is 6.54 Å². The number of aryl methyl sites for hydroxylation is 1. The van der Waals surface area contributed by atoms with Gasteiger partial charge in [-0.3, -0.25) is 0 Å². The van der Waals surface area contributed by atoms with E-state index in [1.807, 2.05) is 13.0 Å². The molecule has 0 amide bonds. The summed E-state index contributed by atoms with van der Waals surface area (Å²) in [6.45, 7) is 2.55. The Balaban J connectivity index is 2.12. The molecule has 0 aliphatic carbocycles. The maximum absolute atomic E-state index is 5.80. The van der Waals surface area contributed by atoms with Crippen LogP contribution in [0.2, 0.25) is 0 Å². The van der Waals surface area contributed by atoms with Crippen molar-refractivity contribution < 1.29 is 4.42 Å². The molecule has 0 atom stereocenters. The van der Waals surface area contributed by atoms with Crippen LogP contribution in [0.5, 0.6) is 0 Å². The van der Waals surface area contributed by atoms with E-state index in [-0.39, 0.29) is 0 Å². The van der Waals surface area contributed by atoms with Crippen LogP contribution in [0.25, 0.3) is 10.8 Å². The van der Waals surface area contributed by atoms with Crippen LogP contribution in [0.4, 0.5) is 0 Å². The van der Waals surface area contributed by atoms with Crippen LogP contribution in [0.15, 0.2) is 62.9 Å². The predicted octanol–water partition coefficient (Wildman–Crippen LogP) is 4.35. The summed E-state index contributed by atoms with van der Waals surface area (Å²) in [4.78, 5) is 2.39. The van der Waals surface area contributed by atoms with Crippen LogP contribution in [-0.4, -0.2) is 0 Å². The molecule has 1 aromatic heterocycles. The SMILES string of the molecule is Cc1occc1Sc1ccc(CN)c2ccccc12. The third-order valence-electron chi connectivity index (χ3n) is 3.23. The molecule has 0 aliphatic heterocycles. The van der Waals surface area contributed by atoms with E-state index in [9.17, 15) is 0 Å². The number of furan rings is 1. The number of nitrogens with two attached hydrogens (primary N) is 1. The van der Waals surface area contributed by atoms with E-state index in [4.69, 9.17) is 10.2 Å². The Labute approximate surface area is 116 Å². The normalized spacial score (nSPS) is 11.1. The first-order chi connectivity index (χ1) is 9.29. The Morgan fingerprint density at radius 1 is 1.00 bits per heavy atom. The average molecular weight is 269 g/mol. The molecule has 0 saturated carbocycles. The van der Waals surface area contributed by atoms with E-state index in [1.54, 1.807) is 18.0 Å². The first-order valence-electron chi connectivity index (χ1n) is 6.22. The molecule has 0 unspecified atom stereocenters. The number of fused-ring (bicyclic) bond motifs is 1. The highest BCUT2D eigenvalue weighted by Gasteiger charge is 2.08. The molecule has 0 radical (unpaired) electrons. The Hall–Kier alpha value is -1.71. The minimum atomic E-state index is 0.566. The number of hydrogen-bond acceptors (Lipinski definition) is 3. The van der Waals surface area contributed by atoms with Crippen molar-refractivity contribution in [3.05, 3.63) is 60.1 Å². The van der Waals surface area contributed by atoms with E-state index in [0.717, 1.165) is 10.7 Å². The third kappa shape index (κ3) is 2.27. The van der Waals surface area contributed by atoms with Gasteiger partial charge in [0.05, 0.1) is 11.2 Å². The third-order valence-corrected chi connectivity index (χ3v) is 4.44. The molecule has 3 aromatic rings. The lowest BCUT2D eigenvalue weighted by Crippen LogP contribution is -1.97. The summed E-state index contributed by atoms with van der Waals surface area (Å²) in [5.74, 6) is 0.956. The van der Waals surface area contributed by atoms with Gasteiger partial charge in [0.25, 0.3) is 0 Å². The topological polar surface area (TPSA) is 39.2 Å². The molecular formula is C16H15NOS. The van der Waals surface area contributed by atoms with E-state index in [0.29, 0.717) is 6.54 Å².